The second-order valence-corrected chi connectivity index (χ2v) is 2.86. The molecular weight excluding hydrogens is 135 g/mol. The number of halogens is 1. The van der Waals surface area contributed by atoms with Crippen molar-refractivity contribution in [1.82, 2.24) is 0 Å². The van der Waals surface area contributed by atoms with E-state index in [2.05, 4.69) is 0 Å². The molecule has 2 N–H and O–H groups in total. The predicted molar refractivity (Wildman–Crippen MR) is 37.2 cm³/mol. The molecule has 3 atom stereocenters. The van der Waals surface area contributed by atoms with E-state index in [1.165, 1.54) is 0 Å². The summed E-state index contributed by atoms with van der Waals surface area (Å²) in [5.74, 6) is 0.0417. The van der Waals surface area contributed by atoms with E-state index in [0.29, 0.717) is 6.42 Å². The summed E-state index contributed by atoms with van der Waals surface area (Å²) in [6.45, 7) is 3.45. The van der Waals surface area contributed by atoms with E-state index in [1.807, 2.05) is 0 Å². The van der Waals surface area contributed by atoms with Crippen LogP contribution < -0.4 is 0 Å². The first-order chi connectivity index (χ1) is 4.52. The highest BCUT2D eigenvalue weighted by molar-refractivity contribution is 4.57. The molecule has 0 saturated carbocycles. The lowest BCUT2D eigenvalue weighted by molar-refractivity contribution is 0.0157. The van der Waals surface area contributed by atoms with Gasteiger partial charge in [0, 0.05) is 6.42 Å². The van der Waals surface area contributed by atoms with E-state index in [-0.39, 0.29) is 12.3 Å². The predicted octanol–water partition coefficient (Wildman–Crippen LogP) is 1.07. The van der Waals surface area contributed by atoms with Gasteiger partial charge < -0.3 is 10.2 Å². The Balaban J connectivity index is 3.34. The monoisotopic (exact) mass is 150 g/mol. The summed E-state index contributed by atoms with van der Waals surface area (Å²) in [5, 5.41) is 17.1. The molecule has 0 aliphatic rings. The summed E-state index contributed by atoms with van der Waals surface area (Å²) in [5.41, 5.74) is 0. The first-order valence-electron chi connectivity index (χ1n) is 3.52. The molecule has 2 nitrogen and oxygen atoms in total. The molecule has 0 aromatic heterocycles. The van der Waals surface area contributed by atoms with Crippen LogP contribution in [0.3, 0.4) is 0 Å². The first kappa shape index (κ1) is 9.85. The van der Waals surface area contributed by atoms with Crippen molar-refractivity contribution in [1.29, 1.82) is 0 Å². The van der Waals surface area contributed by atoms with Crippen molar-refractivity contribution in [2.24, 2.45) is 5.92 Å². The van der Waals surface area contributed by atoms with Gasteiger partial charge in [0.2, 0.25) is 0 Å². The molecule has 10 heavy (non-hydrogen) atoms. The summed E-state index contributed by atoms with van der Waals surface area (Å²) in [6, 6.07) is 0. The van der Waals surface area contributed by atoms with Crippen molar-refractivity contribution in [3.05, 3.63) is 0 Å². The molecular formula is C7H15FO2. The lowest BCUT2D eigenvalue weighted by Crippen LogP contribution is -2.11. The zero-order valence-corrected chi connectivity index (χ0v) is 6.42. The van der Waals surface area contributed by atoms with Crippen LogP contribution in [-0.4, -0.2) is 22.7 Å². The van der Waals surface area contributed by atoms with Gasteiger partial charge in [-0.1, -0.05) is 6.92 Å². The standard InChI is InChI=1S/C7H15FO2/c1-5(3-6(2)9)4-7(8)10/h5-7,9-10H,3-4H2,1-2H3. The molecule has 0 amide bonds. The van der Waals surface area contributed by atoms with Crippen LogP contribution in [0.15, 0.2) is 0 Å². The lowest BCUT2D eigenvalue weighted by Gasteiger charge is -2.12. The fraction of sp³-hybridized carbons (Fsp3) is 1.00. The van der Waals surface area contributed by atoms with E-state index in [9.17, 15) is 4.39 Å². The molecule has 62 valence electrons. The van der Waals surface area contributed by atoms with Crippen LogP contribution in [0.2, 0.25) is 0 Å². The van der Waals surface area contributed by atoms with E-state index >= 15 is 0 Å². The Hall–Kier alpha value is -0.150. The van der Waals surface area contributed by atoms with Crippen molar-refractivity contribution in [3.8, 4) is 0 Å². The Morgan fingerprint density at radius 3 is 2.00 bits per heavy atom. The maximum atomic E-state index is 11.9. The van der Waals surface area contributed by atoms with Gasteiger partial charge in [0.15, 0.2) is 6.36 Å². The zero-order chi connectivity index (χ0) is 8.15. The van der Waals surface area contributed by atoms with Gasteiger partial charge in [-0.05, 0) is 19.3 Å². The quantitative estimate of drug-likeness (QED) is 0.629. The van der Waals surface area contributed by atoms with Gasteiger partial charge in [-0.15, -0.1) is 0 Å². The minimum atomic E-state index is -1.74. The minimum Gasteiger partial charge on any atom is -0.393 e. The summed E-state index contributed by atoms with van der Waals surface area (Å²) in [4.78, 5) is 0. The van der Waals surface area contributed by atoms with Gasteiger partial charge in [0.1, 0.15) is 0 Å². The van der Waals surface area contributed by atoms with Crippen LogP contribution >= 0.6 is 0 Å². The summed E-state index contributed by atoms with van der Waals surface area (Å²) >= 11 is 0. The van der Waals surface area contributed by atoms with Crippen LogP contribution in [0, 0.1) is 5.92 Å². The van der Waals surface area contributed by atoms with Crippen LogP contribution in [0.1, 0.15) is 26.7 Å². The molecule has 0 fully saturated rings. The maximum Gasteiger partial charge on any atom is 0.196 e. The molecule has 0 heterocycles. The number of aliphatic hydroxyl groups excluding tert-OH is 2. The molecule has 0 spiro atoms. The molecule has 0 rings (SSSR count). The Labute approximate surface area is 60.7 Å². The van der Waals surface area contributed by atoms with Crippen LogP contribution in [0.5, 0.6) is 0 Å². The molecule has 3 heteroatoms. The largest absolute Gasteiger partial charge is 0.393 e. The van der Waals surface area contributed by atoms with Gasteiger partial charge in [-0.3, -0.25) is 0 Å². The fourth-order valence-electron chi connectivity index (χ4n) is 1.01. The van der Waals surface area contributed by atoms with Crippen molar-refractivity contribution in [2.45, 2.75) is 39.2 Å². The average Bonchev–Trinajstić information content (AvgIpc) is 1.58. The Morgan fingerprint density at radius 1 is 1.20 bits per heavy atom. The molecule has 0 saturated heterocycles. The van der Waals surface area contributed by atoms with Crippen LogP contribution in [-0.2, 0) is 0 Å². The summed E-state index contributed by atoms with van der Waals surface area (Å²) in [6.07, 6.45) is -1.49. The molecule has 3 unspecified atom stereocenters. The summed E-state index contributed by atoms with van der Waals surface area (Å²) < 4.78 is 11.9. The van der Waals surface area contributed by atoms with Crippen molar-refractivity contribution in [3.63, 3.8) is 0 Å². The van der Waals surface area contributed by atoms with E-state index in [0.717, 1.165) is 0 Å². The zero-order valence-electron chi connectivity index (χ0n) is 6.42. The smallest absolute Gasteiger partial charge is 0.196 e. The van der Waals surface area contributed by atoms with E-state index in [4.69, 9.17) is 10.2 Å². The topological polar surface area (TPSA) is 40.5 Å². The third-order valence-corrected chi connectivity index (χ3v) is 1.34. The molecule has 0 radical (unpaired) electrons. The van der Waals surface area contributed by atoms with Crippen molar-refractivity contribution < 1.29 is 14.6 Å². The summed E-state index contributed by atoms with van der Waals surface area (Å²) in [7, 11) is 0. The van der Waals surface area contributed by atoms with E-state index in [1.54, 1.807) is 13.8 Å². The normalized spacial score (nSPS) is 20.1. The molecule has 0 aliphatic heterocycles. The van der Waals surface area contributed by atoms with Crippen molar-refractivity contribution in [2.75, 3.05) is 0 Å². The lowest BCUT2D eigenvalue weighted by atomic mass is 10.0. The highest BCUT2D eigenvalue weighted by atomic mass is 19.1. The number of rotatable bonds is 4. The van der Waals surface area contributed by atoms with E-state index < -0.39 is 12.5 Å². The number of alkyl halides is 1. The third-order valence-electron chi connectivity index (χ3n) is 1.34. The SMILES string of the molecule is CC(O)CC(C)CC(O)F. The molecule has 0 aromatic carbocycles. The fourth-order valence-corrected chi connectivity index (χ4v) is 1.01. The van der Waals surface area contributed by atoms with Crippen molar-refractivity contribution >= 4 is 0 Å². The Kier molecular flexibility index (Phi) is 4.56. The number of hydrogen-bond acceptors (Lipinski definition) is 2. The number of aliphatic hydroxyl groups is 2. The van der Waals surface area contributed by atoms with Crippen LogP contribution in [0.4, 0.5) is 4.39 Å². The highest BCUT2D eigenvalue weighted by Crippen LogP contribution is 2.12. The van der Waals surface area contributed by atoms with Gasteiger partial charge in [-0.25, -0.2) is 4.39 Å². The maximum absolute atomic E-state index is 11.9. The molecule has 0 aliphatic carbocycles. The third kappa shape index (κ3) is 5.98. The second kappa shape index (κ2) is 4.63. The average molecular weight is 150 g/mol. The van der Waals surface area contributed by atoms with Gasteiger partial charge in [0.05, 0.1) is 6.10 Å². The van der Waals surface area contributed by atoms with Gasteiger partial charge >= 0.3 is 0 Å². The highest BCUT2D eigenvalue weighted by Gasteiger charge is 2.10. The molecule has 0 aromatic rings. The molecule has 0 bridgehead atoms. The van der Waals surface area contributed by atoms with Gasteiger partial charge in [-0.2, -0.15) is 0 Å². The Bertz CT molecular complexity index is 73.7. The number of hydrogen-bond donors (Lipinski definition) is 2. The van der Waals surface area contributed by atoms with Crippen LogP contribution in [0.25, 0.3) is 0 Å². The second-order valence-electron chi connectivity index (χ2n) is 2.86. The van der Waals surface area contributed by atoms with Gasteiger partial charge in [0.25, 0.3) is 0 Å². The first-order valence-corrected chi connectivity index (χ1v) is 3.52. The minimum absolute atomic E-state index is 0.0417. The Morgan fingerprint density at radius 2 is 1.70 bits per heavy atom.